The van der Waals surface area contributed by atoms with Crippen molar-refractivity contribution in [3.63, 3.8) is 0 Å². The summed E-state index contributed by atoms with van der Waals surface area (Å²) in [5.41, 5.74) is 0.0569. The van der Waals surface area contributed by atoms with E-state index in [4.69, 9.17) is 23.2 Å². The van der Waals surface area contributed by atoms with Gasteiger partial charge in [-0.15, -0.1) is 0 Å². The minimum Gasteiger partial charge on any atom is -0.506 e. The summed E-state index contributed by atoms with van der Waals surface area (Å²) in [5, 5.41) is 13.0. The lowest BCUT2D eigenvalue weighted by Gasteiger charge is -2.31. The second-order valence-electron chi connectivity index (χ2n) is 5.04. The summed E-state index contributed by atoms with van der Waals surface area (Å²) in [6.45, 7) is 2.76. The largest absolute Gasteiger partial charge is 0.506 e. The fourth-order valence-corrected chi connectivity index (χ4v) is 2.83. The van der Waals surface area contributed by atoms with E-state index in [0.29, 0.717) is 25.9 Å². The van der Waals surface area contributed by atoms with Crippen LogP contribution in [0, 0.1) is 0 Å². The monoisotopic (exact) mass is 330 g/mol. The Hall–Kier alpha value is -1.46. The van der Waals surface area contributed by atoms with E-state index in [0.717, 1.165) is 0 Å². The number of rotatable bonds is 2. The first-order valence-corrected chi connectivity index (χ1v) is 7.38. The van der Waals surface area contributed by atoms with Gasteiger partial charge in [-0.05, 0) is 25.0 Å². The lowest BCUT2D eigenvalue weighted by atomic mass is 10.0. The van der Waals surface area contributed by atoms with Crippen molar-refractivity contribution in [3.8, 4) is 5.75 Å². The number of hydrogen-bond donors (Lipinski definition) is 2. The zero-order chi connectivity index (χ0) is 15.6. The van der Waals surface area contributed by atoms with Crippen LogP contribution in [0.5, 0.6) is 5.75 Å². The van der Waals surface area contributed by atoms with Crippen LogP contribution in [-0.2, 0) is 4.79 Å². The molecule has 1 aromatic rings. The highest BCUT2D eigenvalue weighted by molar-refractivity contribution is 6.36. The number of aromatic hydroxyl groups is 1. The van der Waals surface area contributed by atoms with E-state index >= 15 is 0 Å². The highest BCUT2D eigenvalue weighted by atomic mass is 35.5. The molecule has 0 aliphatic carbocycles. The molecule has 2 amide bonds. The number of phenolic OH excluding ortho intramolecular Hbond substituents is 1. The topological polar surface area (TPSA) is 69.6 Å². The number of benzene rings is 1. The first kappa shape index (κ1) is 15.9. The maximum Gasteiger partial charge on any atom is 0.255 e. The average molecular weight is 331 g/mol. The molecule has 0 radical (unpaired) electrons. The molecule has 1 heterocycles. The van der Waals surface area contributed by atoms with Crippen LogP contribution >= 0.6 is 23.2 Å². The van der Waals surface area contributed by atoms with Gasteiger partial charge in [0, 0.05) is 31.1 Å². The number of piperidine rings is 1. The lowest BCUT2D eigenvalue weighted by molar-refractivity contribution is -0.129. The van der Waals surface area contributed by atoms with Crippen molar-refractivity contribution in [2.24, 2.45) is 0 Å². The Morgan fingerprint density at radius 3 is 2.48 bits per heavy atom. The number of nitrogens with zero attached hydrogens (tertiary/aromatic N) is 1. The number of carbonyl (C=O) groups is 2. The molecule has 0 bridgehead atoms. The molecule has 0 unspecified atom stereocenters. The number of phenols is 1. The zero-order valence-electron chi connectivity index (χ0n) is 11.5. The van der Waals surface area contributed by atoms with Gasteiger partial charge in [-0.3, -0.25) is 9.59 Å². The molecular formula is C14H16Cl2N2O3. The standard InChI is InChI=1S/C14H16Cl2N2O3/c1-8(19)18-4-2-10(3-5-18)17-14(21)11-6-9(15)7-12(16)13(11)20/h6-7,10,20H,2-5H2,1H3,(H,17,21). The number of halogens is 2. The molecule has 2 N–H and O–H groups in total. The lowest BCUT2D eigenvalue weighted by Crippen LogP contribution is -2.46. The van der Waals surface area contributed by atoms with Crippen molar-refractivity contribution >= 4 is 35.0 Å². The maximum absolute atomic E-state index is 12.2. The Bertz CT molecular complexity index is 570. The number of hydrogen-bond acceptors (Lipinski definition) is 3. The summed E-state index contributed by atoms with van der Waals surface area (Å²) in [6, 6.07) is 2.72. The van der Waals surface area contributed by atoms with Crippen molar-refractivity contribution in [1.82, 2.24) is 10.2 Å². The molecule has 7 heteroatoms. The third-order valence-electron chi connectivity index (χ3n) is 3.55. The van der Waals surface area contributed by atoms with Gasteiger partial charge in [0.2, 0.25) is 5.91 Å². The van der Waals surface area contributed by atoms with Crippen LogP contribution in [0.2, 0.25) is 10.0 Å². The van der Waals surface area contributed by atoms with Gasteiger partial charge in [0.05, 0.1) is 10.6 Å². The smallest absolute Gasteiger partial charge is 0.255 e. The first-order valence-electron chi connectivity index (χ1n) is 6.63. The molecule has 114 valence electrons. The number of nitrogens with one attached hydrogen (secondary N) is 1. The third-order valence-corrected chi connectivity index (χ3v) is 4.05. The minimum absolute atomic E-state index is 0.0368. The van der Waals surface area contributed by atoms with Gasteiger partial charge in [0.1, 0.15) is 5.75 Å². The predicted molar refractivity (Wildman–Crippen MR) is 80.9 cm³/mol. The Balaban J connectivity index is 2.01. The molecule has 0 aromatic heterocycles. The summed E-state index contributed by atoms with van der Waals surface area (Å²) in [6.07, 6.45) is 1.36. The minimum atomic E-state index is -0.418. The van der Waals surface area contributed by atoms with Gasteiger partial charge in [-0.1, -0.05) is 23.2 Å². The first-order chi connectivity index (χ1) is 9.88. The van der Waals surface area contributed by atoms with E-state index in [1.54, 1.807) is 4.90 Å². The molecule has 1 saturated heterocycles. The van der Waals surface area contributed by atoms with Crippen molar-refractivity contribution in [3.05, 3.63) is 27.7 Å². The predicted octanol–water partition coefficient (Wildman–Crippen LogP) is 2.44. The molecule has 21 heavy (non-hydrogen) atoms. The van der Waals surface area contributed by atoms with E-state index in [1.165, 1.54) is 19.1 Å². The second-order valence-corrected chi connectivity index (χ2v) is 5.88. The van der Waals surface area contributed by atoms with Gasteiger partial charge in [0.25, 0.3) is 5.91 Å². The van der Waals surface area contributed by atoms with Crippen LogP contribution in [0.15, 0.2) is 12.1 Å². The molecule has 0 saturated carbocycles. The van der Waals surface area contributed by atoms with Crippen LogP contribution < -0.4 is 5.32 Å². The Morgan fingerprint density at radius 2 is 1.90 bits per heavy atom. The Labute approximate surface area is 132 Å². The third kappa shape index (κ3) is 3.80. The number of carbonyl (C=O) groups excluding carboxylic acids is 2. The Morgan fingerprint density at radius 1 is 1.29 bits per heavy atom. The van der Waals surface area contributed by atoms with Gasteiger partial charge in [-0.2, -0.15) is 0 Å². The number of amides is 2. The average Bonchev–Trinajstić information content (AvgIpc) is 2.43. The summed E-state index contributed by atoms with van der Waals surface area (Å²) in [4.78, 5) is 25.2. The van der Waals surface area contributed by atoms with Crippen LogP contribution in [-0.4, -0.2) is 41.0 Å². The molecular weight excluding hydrogens is 315 g/mol. The zero-order valence-corrected chi connectivity index (χ0v) is 13.0. The van der Waals surface area contributed by atoms with Crippen molar-refractivity contribution in [2.75, 3.05) is 13.1 Å². The molecule has 1 aliphatic heterocycles. The normalized spacial score (nSPS) is 15.9. The van der Waals surface area contributed by atoms with E-state index < -0.39 is 5.91 Å². The summed E-state index contributed by atoms with van der Waals surface area (Å²) < 4.78 is 0. The van der Waals surface area contributed by atoms with Gasteiger partial charge in [0.15, 0.2) is 0 Å². The van der Waals surface area contributed by atoms with E-state index in [-0.39, 0.29) is 33.3 Å². The van der Waals surface area contributed by atoms with Gasteiger partial charge >= 0.3 is 0 Å². The van der Waals surface area contributed by atoms with Crippen LogP contribution in [0.25, 0.3) is 0 Å². The van der Waals surface area contributed by atoms with Crippen molar-refractivity contribution in [1.29, 1.82) is 0 Å². The highest BCUT2D eigenvalue weighted by Gasteiger charge is 2.24. The van der Waals surface area contributed by atoms with E-state index in [1.807, 2.05) is 0 Å². The van der Waals surface area contributed by atoms with E-state index in [2.05, 4.69) is 5.32 Å². The SMILES string of the molecule is CC(=O)N1CCC(NC(=O)c2cc(Cl)cc(Cl)c2O)CC1. The summed E-state index contributed by atoms with van der Waals surface area (Å²) in [7, 11) is 0. The second kappa shape index (κ2) is 6.54. The van der Waals surface area contributed by atoms with Crippen LogP contribution in [0.4, 0.5) is 0 Å². The van der Waals surface area contributed by atoms with Crippen molar-refractivity contribution in [2.45, 2.75) is 25.8 Å². The maximum atomic E-state index is 12.2. The molecule has 5 nitrogen and oxygen atoms in total. The summed E-state index contributed by atoms with van der Waals surface area (Å²) in [5.74, 6) is -0.656. The molecule has 1 fully saturated rings. The molecule has 0 spiro atoms. The highest BCUT2D eigenvalue weighted by Crippen LogP contribution is 2.31. The quantitative estimate of drug-likeness (QED) is 0.874. The van der Waals surface area contributed by atoms with Crippen molar-refractivity contribution < 1.29 is 14.7 Å². The number of likely N-dealkylation sites (tertiary alicyclic amines) is 1. The van der Waals surface area contributed by atoms with Crippen LogP contribution in [0.3, 0.4) is 0 Å². The fraction of sp³-hybridized carbons (Fsp3) is 0.429. The molecule has 1 aromatic carbocycles. The van der Waals surface area contributed by atoms with Crippen LogP contribution in [0.1, 0.15) is 30.1 Å². The fourth-order valence-electron chi connectivity index (χ4n) is 2.34. The van der Waals surface area contributed by atoms with E-state index in [9.17, 15) is 14.7 Å². The molecule has 2 rings (SSSR count). The Kier molecular flexibility index (Phi) is 4.96. The summed E-state index contributed by atoms with van der Waals surface area (Å²) >= 11 is 11.6. The van der Waals surface area contributed by atoms with Gasteiger partial charge < -0.3 is 15.3 Å². The molecule has 0 atom stereocenters. The molecule has 1 aliphatic rings. The van der Waals surface area contributed by atoms with Gasteiger partial charge in [-0.25, -0.2) is 0 Å².